The first-order valence-electron chi connectivity index (χ1n) is 7.48. The normalized spacial score (nSPS) is 18.9. The van der Waals surface area contributed by atoms with Gasteiger partial charge in [-0.2, -0.15) is 0 Å². The highest BCUT2D eigenvalue weighted by Gasteiger charge is 2.30. The Morgan fingerprint density at radius 1 is 1.33 bits per heavy atom. The highest BCUT2D eigenvalue weighted by molar-refractivity contribution is 7.90. The van der Waals surface area contributed by atoms with E-state index in [9.17, 15) is 13.2 Å². The van der Waals surface area contributed by atoms with E-state index in [-0.39, 0.29) is 23.2 Å². The molecule has 1 aromatic heterocycles. The smallest absolute Gasteiger partial charge is 0.263 e. The summed E-state index contributed by atoms with van der Waals surface area (Å²) in [5, 5.41) is 3.31. The summed E-state index contributed by atoms with van der Waals surface area (Å²) in [5.41, 5.74) is 1.55. The number of hydrogen-bond acceptors (Lipinski definition) is 6. The lowest BCUT2D eigenvalue weighted by Gasteiger charge is -2.01. The Morgan fingerprint density at radius 2 is 2.17 bits per heavy atom. The molecule has 0 unspecified atom stereocenters. The maximum Gasteiger partial charge on any atom is 0.263 e. The van der Waals surface area contributed by atoms with E-state index in [2.05, 4.69) is 20.0 Å². The quantitative estimate of drug-likeness (QED) is 0.860. The zero-order chi connectivity index (χ0) is 16.7. The highest BCUT2D eigenvalue weighted by Crippen LogP contribution is 2.30. The number of anilines is 1. The third kappa shape index (κ3) is 2.69. The van der Waals surface area contributed by atoms with E-state index < -0.39 is 10.0 Å². The van der Waals surface area contributed by atoms with Crippen LogP contribution in [0.25, 0.3) is 0 Å². The molecule has 124 valence electrons. The molecule has 1 aliphatic heterocycles. The second-order valence-corrected chi connectivity index (χ2v) is 8.29. The topological polar surface area (TPSA) is 101 Å². The van der Waals surface area contributed by atoms with E-state index in [0.29, 0.717) is 10.7 Å². The van der Waals surface area contributed by atoms with Crippen molar-refractivity contribution < 1.29 is 13.2 Å². The van der Waals surface area contributed by atoms with Gasteiger partial charge in [0, 0.05) is 10.4 Å². The number of thiazole rings is 1. The van der Waals surface area contributed by atoms with Crippen molar-refractivity contribution in [1.82, 2.24) is 9.71 Å². The second-order valence-electron chi connectivity index (χ2n) is 5.56. The first-order valence-corrected chi connectivity index (χ1v) is 9.78. The van der Waals surface area contributed by atoms with Crippen molar-refractivity contribution in [3.63, 3.8) is 0 Å². The number of carbonyl (C=O) groups is 1. The number of rotatable bonds is 3. The zero-order valence-corrected chi connectivity index (χ0v) is 14.2. The fraction of sp³-hybridized carbons (Fsp3) is 0.267. The van der Waals surface area contributed by atoms with Gasteiger partial charge in [0.15, 0.2) is 5.13 Å². The largest absolute Gasteiger partial charge is 0.300 e. The molecule has 0 bridgehead atoms. The maximum atomic E-state index is 12.0. The van der Waals surface area contributed by atoms with E-state index in [4.69, 9.17) is 0 Å². The predicted molar refractivity (Wildman–Crippen MR) is 90.9 cm³/mol. The van der Waals surface area contributed by atoms with Gasteiger partial charge in [0.1, 0.15) is 12.4 Å². The average molecular weight is 362 g/mol. The molecule has 0 spiro atoms. The van der Waals surface area contributed by atoms with Crippen LogP contribution in [0.5, 0.6) is 0 Å². The summed E-state index contributed by atoms with van der Waals surface area (Å²) >= 11 is 1.49. The number of sulfonamides is 1. The Morgan fingerprint density at radius 3 is 3.00 bits per heavy atom. The average Bonchev–Trinajstić information content (AvgIpc) is 3.18. The van der Waals surface area contributed by atoms with Gasteiger partial charge in [-0.15, -0.1) is 11.3 Å². The van der Waals surface area contributed by atoms with Crippen LogP contribution in [-0.4, -0.2) is 31.7 Å². The molecule has 1 aliphatic carbocycles. The molecule has 4 rings (SSSR count). The van der Waals surface area contributed by atoms with Gasteiger partial charge in [0.2, 0.25) is 5.91 Å². The van der Waals surface area contributed by atoms with Crippen molar-refractivity contribution in [1.29, 1.82) is 0 Å². The van der Waals surface area contributed by atoms with Gasteiger partial charge in [-0.3, -0.25) is 14.5 Å². The molecule has 1 amide bonds. The molecule has 24 heavy (non-hydrogen) atoms. The molecular formula is C15H14N4O3S2. The first-order chi connectivity index (χ1) is 11.5. The van der Waals surface area contributed by atoms with Crippen LogP contribution in [0.1, 0.15) is 22.6 Å². The van der Waals surface area contributed by atoms with Crippen molar-refractivity contribution in [3.8, 4) is 0 Å². The molecule has 2 aliphatic rings. The molecule has 2 heterocycles. The van der Waals surface area contributed by atoms with Gasteiger partial charge in [0.05, 0.1) is 10.6 Å². The molecule has 0 atom stereocenters. The molecule has 0 radical (unpaired) electrons. The lowest BCUT2D eigenvalue weighted by Crippen LogP contribution is -2.24. The van der Waals surface area contributed by atoms with Crippen molar-refractivity contribution in [2.75, 3.05) is 11.9 Å². The second kappa shape index (κ2) is 5.67. The van der Waals surface area contributed by atoms with Gasteiger partial charge in [-0.1, -0.05) is 12.1 Å². The number of aryl methyl sites for hydroxylation is 2. The molecule has 2 aromatic rings. The maximum absolute atomic E-state index is 12.0. The van der Waals surface area contributed by atoms with Crippen molar-refractivity contribution in [2.24, 2.45) is 4.99 Å². The summed E-state index contributed by atoms with van der Waals surface area (Å²) in [7, 11) is -3.58. The summed E-state index contributed by atoms with van der Waals surface area (Å²) < 4.78 is 26.3. The molecule has 9 heteroatoms. The number of amides is 1. The molecule has 7 nitrogen and oxygen atoms in total. The van der Waals surface area contributed by atoms with Gasteiger partial charge < -0.3 is 5.32 Å². The molecule has 0 saturated heterocycles. The Kier molecular flexibility index (Phi) is 3.61. The van der Waals surface area contributed by atoms with E-state index in [1.165, 1.54) is 22.3 Å². The standard InChI is InChI=1S/C15H14N4O3S2/c20-13(18-15-17-10-5-3-6-11(10)23-15)8-16-14-9-4-1-2-7-12(9)24(21,22)19-14/h1-2,4,7H,3,5-6,8H2,(H,16,19)(H,17,18,20). The van der Waals surface area contributed by atoms with Crippen molar-refractivity contribution in [3.05, 3.63) is 40.4 Å². The molecule has 0 saturated carbocycles. The van der Waals surface area contributed by atoms with Gasteiger partial charge in [-0.05, 0) is 31.4 Å². The highest BCUT2D eigenvalue weighted by atomic mass is 32.2. The fourth-order valence-electron chi connectivity index (χ4n) is 2.80. The zero-order valence-electron chi connectivity index (χ0n) is 12.6. The van der Waals surface area contributed by atoms with E-state index in [1.54, 1.807) is 18.2 Å². The number of aliphatic imine (C=N–C) groups is 1. The monoisotopic (exact) mass is 362 g/mol. The first kappa shape index (κ1) is 15.3. The van der Waals surface area contributed by atoms with Crippen LogP contribution in [0.2, 0.25) is 0 Å². The van der Waals surface area contributed by atoms with Gasteiger partial charge in [-0.25, -0.2) is 13.4 Å². The third-order valence-electron chi connectivity index (χ3n) is 3.89. The molecule has 0 fully saturated rings. The van der Waals surface area contributed by atoms with Crippen LogP contribution in [0.3, 0.4) is 0 Å². The summed E-state index contributed by atoms with van der Waals surface area (Å²) in [6.45, 7) is -0.170. The van der Waals surface area contributed by atoms with Crippen molar-refractivity contribution >= 4 is 38.2 Å². The summed E-state index contributed by atoms with van der Waals surface area (Å²) in [6.07, 6.45) is 3.10. The number of nitrogens with zero attached hydrogens (tertiary/aromatic N) is 2. The minimum absolute atomic E-state index is 0.170. The van der Waals surface area contributed by atoms with Crippen molar-refractivity contribution in [2.45, 2.75) is 24.2 Å². The van der Waals surface area contributed by atoms with Crippen LogP contribution in [0, 0.1) is 0 Å². The van der Waals surface area contributed by atoms with Crippen LogP contribution in [0.15, 0.2) is 34.2 Å². The van der Waals surface area contributed by atoms with Gasteiger partial charge in [0.25, 0.3) is 10.0 Å². The Hall–Kier alpha value is -2.26. The number of amidine groups is 1. The number of hydrogen-bond donors (Lipinski definition) is 2. The number of fused-ring (bicyclic) bond motifs is 2. The van der Waals surface area contributed by atoms with Crippen LogP contribution >= 0.6 is 11.3 Å². The summed E-state index contributed by atoms with van der Waals surface area (Å²) in [6, 6.07) is 6.55. The van der Waals surface area contributed by atoms with Crippen LogP contribution in [0.4, 0.5) is 5.13 Å². The van der Waals surface area contributed by atoms with E-state index in [1.807, 2.05) is 0 Å². The van der Waals surface area contributed by atoms with E-state index in [0.717, 1.165) is 25.0 Å². The Balaban J connectivity index is 1.48. The number of aromatic nitrogens is 1. The van der Waals surface area contributed by atoms with Crippen LogP contribution < -0.4 is 10.0 Å². The Labute approximate surface area is 142 Å². The summed E-state index contributed by atoms with van der Waals surface area (Å²) in [4.78, 5) is 22.0. The summed E-state index contributed by atoms with van der Waals surface area (Å²) in [5.74, 6) is -0.124. The molecular weight excluding hydrogens is 348 g/mol. The lowest BCUT2D eigenvalue weighted by atomic mass is 10.2. The minimum atomic E-state index is -3.58. The Bertz CT molecular complexity index is 941. The number of benzene rings is 1. The SMILES string of the molecule is O=C(CN=C1NS(=O)(=O)c2ccccc21)Nc1nc2c(s1)CCC2. The molecule has 1 aromatic carbocycles. The minimum Gasteiger partial charge on any atom is -0.300 e. The van der Waals surface area contributed by atoms with Gasteiger partial charge >= 0.3 is 0 Å². The fourth-order valence-corrected chi connectivity index (χ4v) is 5.12. The molecule has 2 N–H and O–H groups in total. The number of carbonyl (C=O) groups excluding carboxylic acids is 1. The number of nitrogens with one attached hydrogen (secondary N) is 2. The van der Waals surface area contributed by atoms with Crippen LogP contribution in [-0.2, 0) is 27.7 Å². The third-order valence-corrected chi connectivity index (χ3v) is 6.36. The lowest BCUT2D eigenvalue weighted by molar-refractivity contribution is -0.114. The van der Waals surface area contributed by atoms with E-state index >= 15 is 0 Å². The predicted octanol–water partition coefficient (Wildman–Crippen LogP) is 1.31.